The largest absolute Gasteiger partial charge is 0.505 e. The second kappa shape index (κ2) is 7.93. The van der Waals surface area contributed by atoms with Gasteiger partial charge in [0.1, 0.15) is 22.9 Å². The summed E-state index contributed by atoms with van der Waals surface area (Å²) in [5.41, 5.74) is 1.55. The van der Waals surface area contributed by atoms with E-state index in [2.05, 4.69) is 9.97 Å². The fraction of sp³-hybridized carbons (Fsp3) is 0.0909. The molecule has 2 aromatic heterocycles. The highest BCUT2D eigenvalue weighted by Gasteiger charge is 2.24. The van der Waals surface area contributed by atoms with Gasteiger partial charge in [-0.05, 0) is 29.8 Å². The number of phenolic OH excluding ortho intramolecular Hbond substituents is 1. The first-order valence-electron chi connectivity index (χ1n) is 8.75. The van der Waals surface area contributed by atoms with Gasteiger partial charge >= 0.3 is 0 Å². The minimum Gasteiger partial charge on any atom is -0.505 e. The molecule has 0 spiro atoms. The minimum absolute atomic E-state index is 0.0355. The summed E-state index contributed by atoms with van der Waals surface area (Å²) in [6, 6.07) is 12.9. The summed E-state index contributed by atoms with van der Waals surface area (Å²) in [5, 5.41) is 12.5. The van der Waals surface area contributed by atoms with Gasteiger partial charge in [0.25, 0.3) is 0 Å². The molecule has 1 N–H and O–H groups in total. The number of benzene rings is 2. The van der Waals surface area contributed by atoms with Crippen molar-refractivity contribution in [3.8, 4) is 5.75 Å². The highest BCUT2D eigenvalue weighted by atomic mass is 35.5. The predicted octanol–water partition coefficient (Wildman–Crippen LogP) is 6.30. The molecule has 0 aliphatic rings. The normalized spacial score (nSPS) is 12.3. The highest BCUT2D eigenvalue weighted by Crippen LogP contribution is 2.40. The predicted molar refractivity (Wildman–Crippen MR) is 110 cm³/mol. The van der Waals surface area contributed by atoms with Crippen LogP contribution in [0.4, 0.5) is 8.78 Å². The molecule has 3 nitrogen and oxygen atoms in total. The molecule has 0 fully saturated rings. The number of nitrogens with zero attached hydrogens (tertiary/aromatic N) is 2. The monoisotopic (exact) mass is 430 g/mol. The van der Waals surface area contributed by atoms with E-state index in [4.69, 9.17) is 23.2 Å². The van der Waals surface area contributed by atoms with Crippen LogP contribution < -0.4 is 0 Å². The first kappa shape index (κ1) is 19.6. The van der Waals surface area contributed by atoms with Gasteiger partial charge in [0.05, 0.1) is 11.9 Å². The lowest BCUT2D eigenvalue weighted by Gasteiger charge is -2.21. The molecule has 0 aliphatic heterocycles. The van der Waals surface area contributed by atoms with E-state index in [1.54, 1.807) is 36.5 Å². The number of aromatic nitrogens is 2. The van der Waals surface area contributed by atoms with Gasteiger partial charge in [-0.2, -0.15) is 0 Å². The molecule has 0 radical (unpaired) electrons. The zero-order valence-electron chi connectivity index (χ0n) is 14.9. The molecule has 2 aromatic carbocycles. The van der Waals surface area contributed by atoms with Gasteiger partial charge < -0.3 is 5.11 Å². The Kier molecular flexibility index (Phi) is 5.35. The second-order valence-electron chi connectivity index (χ2n) is 6.58. The van der Waals surface area contributed by atoms with Crippen molar-refractivity contribution in [3.05, 3.63) is 99.4 Å². The van der Waals surface area contributed by atoms with E-state index >= 15 is 0 Å². The van der Waals surface area contributed by atoms with Crippen molar-refractivity contribution < 1.29 is 13.9 Å². The van der Waals surface area contributed by atoms with Gasteiger partial charge in [-0.3, -0.25) is 9.97 Å². The van der Waals surface area contributed by atoms with Gasteiger partial charge in [0, 0.05) is 45.6 Å². The molecule has 0 bridgehead atoms. The number of hydrogen-bond donors (Lipinski definition) is 1. The zero-order chi connectivity index (χ0) is 20.5. The molecule has 0 amide bonds. The molecule has 0 saturated carbocycles. The maximum Gasteiger partial charge on any atom is 0.147 e. The van der Waals surface area contributed by atoms with Crippen LogP contribution in [0.2, 0.25) is 10.0 Å². The van der Waals surface area contributed by atoms with Crippen LogP contribution in [0.25, 0.3) is 10.9 Å². The van der Waals surface area contributed by atoms with Crippen LogP contribution in [-0.4, -0.2) is 15.1 Å². The average Bonchev–Trinajstić information content (AvgIpc) is 2.70. The fourth-order valence-electron chi connectivity index (χ4n) is 3.38. The summed E-state index contributed by atoms with van der Waals surface area (Å²) in [6.45, 7) is 0. The van der Waals surface area contributed by atoms with E-state index in [9.17, 15) is 13.9 Å². The molecule has 7 heteroatoms. The van der Waals surface area contributed by atoms with Crippen molar-refractivity contribution in [2.45, 2.75) is 12.3 Å². The van der Waals surface area contributed by atoms with E-state index in [1.807, 2.05) is 12.1 Å². The molecule has 2 heterocycles. The van der Waals surface area contributed by atoms with E-state index in [1.165, 1.54) is 0 Å². The van der Waals surface area contributed by atoms with Crippen molar-refractivity contribution in [3.63, 3.8) is 0 Å². The molecular weight excluding hydrogens is 417 g/mol. The van der Waals surface area contributed by atoms with Crippen molar-refractivity contribution in [2.75, 3.05) is 0 Å². The lowest BCUT2D eigenvalue weighted by Crippen LogP contribution is -2.10. The van der Waals surface area contributed by atoms with E-state index in [0.717, 1.165) is 17.6 Å². The Labute approximate surface area is 175 Å². The maximum atomic E-state index is 14.3. The first-order chi connectivity index (χ1) is 13.9. The Balaban J connectivity index is 1.91. The summed E-state index contributed by atoms with van der Waals surface area (Å²) < 4.78 is 27.6. The SMILES string of the molecule is Oc1c(C(Cc2ncc(F)cc2F)c2cc(Cl)ccc2Cl)ccc2cccnc12. The van der Waals surface area contributed by atoms with Crippen LogP contribution in [-0.2, 0) is 6.42 Å². The smallest absolute Gasteiger partial charge is 0.147 e. The Morgan fingerprint density at radius 3 is 2.59 bits per heavy atom. The van der Waals surface area contributed by atoms with E-state index in [-0.39, 0.29) is 17.9 Å². The number of fused-ring (bicyclic) bond motifs is 1. The molecule has 146 valence electrons. The number of pyridine rings is 2. The third-order valence-corrected chi connectivity index (χ3v) is 5.35. The molecule has 1 unspecified atom stereocenters. The van der Waals surface area contributed by atoms with E-state index < -0.39 is 17.6 Å². The molecule has 1 atom stereocenters. The maximum absolute atomic E-state index is 14.3. The van der Waals surface area contributed by atoms with Crippen molar-refractivity contribution in [2.24, 2.45) is 0 Å². The zero-order valence-corrected chi connectivity index (χ0v) is 16.4. The van der Waals surface area contributed by atoms with Crippen LogP contribution >= 0.6 is 23.2 Å². The van der Waals surface area contributed by atoms with Gasteiger partial charge in [0.15, 0.2) is 0 Å². The highest BCUT2D eigenvalue weighted by molar-refractivity contribution is 6.33. The summed E-state index contributed by atoms with van der Waals surface area (Å²) in [5.74, 6) is -2.15. The molecule has 29 heavy (non-hydrogen) atoms. The van der Waals surface area contributed by atoms with Gasteiger partial charge in [-0.1, -0.05) is 41.4 Å². The molecule has 0 saturated heterocycles. The van der Waals surface area contributed by atoms with Crippen LogP contribution in [0.3, 0.4) is 0 Å². The van der Waals surface area contributed by atoms with Crippen molar-refractivity contribution >= 4 is 34.1 Å². The first-order valence-corrected chi connectivity index (χ1v) is 9.51. The molecule has 4 aromatic rings. The summed E-state index contributed by atoms with van der Waals surface area (Å²) in [7, 11) is 0. The van der Waals surface area contributed by atoms with Crippen LogP contribution in [0.5, 0.6) is 5.75 Å². The summed E-state index contributed by atoms with van der Waals surface area (Å²) in [6.07, 6.45) is 2.57. The lowest BCUT2D eigenvalue weighted by molar-refractivity contribution is 0.468. The number of aromatic hydroxyl groups is 1. The number of phenols is 1. The third kappa shape index (κ3) is 3.88. The molecule has 4 rings (SSSR count). The van der Waals surface area contributed by atoms with Gasteiger partial charge in [-0.15, -0.1) is 0 Å². The summed E-state index contributed by atoms with van der Waals surface area (Å²) in [4.78, 5) is 8.13. The topological polar surface area (TPSA) is 46.0 Å². The lowest BCUT2D eigenvalue weighted by atomic mass is 9.86. The Morgan fingerprint density at radius 2 is 1.79 bits per heavy atom. The number of hydrogen-bond acceptors (Lipinski definition) is 3. The van der Waals surface area contributed by atoms with Crippen molar-refractivity contribution in [1.82, 2.24) is 9.97 Å². The minimum atomic E-state index is -0.772. The third-order valence-electron chi connectivity index (χ3n) is 4.77. The van der Waals surface area contributed by atoms with Crippen LogP contribution in [0, 0.1) is 11.6 Å². The van der Waals surface area contributed by atoms with Crippen LogP contribution in [0.1, 0.15) is 22.7 Å². The Bertz CT molecular complexity index is 1220. The Hall–Kier alpha value is -2.76. The Morgan fingerprint density at radius 1 is 0.966 bits per heavy atom. The number of halogens is 4. The van der Waals surface area contributed by atoms with Crippen molar-refractivity contribution in [1.29, 1.82) is 0 Å². The fourth-order valence-corrected chi connectivity index (χ4v) is 3.81. The van der Waals surface area contributed by atoms with Gasteiger partial charge in [-0.25, -0.2) is 8.78 Å². The standard InChI is InChI=1S/C22H14Cl2F2N2O/c23-13-4-6-18(24)17(8-13)16(10-20-19(26)9-14(25)11-28-20)15-5-3-12-2-1-7-27-21(12)22(15)29/h1-9,11,16,29H,10H2. The summed E-state index contributed by atoms with van der Waals surface area (Å²) >= 11 is 12.6. The second-order valence-corrected chi connectivity index (χ2v) is 7.43. The van der Waals surface area contributed by atoms with Crippen LogP contribution in [0.15, 0.2) is 60.9 Å². The number of rotatable bonds is 4. The molecular formula is C22H14Cl2F2N2O. The molecule has 0 aliphatic carbocycles. The average molecular weight is 431 g/mol. The van der Waals surface area contributed by atoms with Gasteiger partial charge in [0.2, 0.25) is 0 Å². The quantitative estimate of drug-likeness (QED) is 0.413. The van der Waals surface area contributed by atoms with E-state index in [0.29, 0.717) is 26.7 Å².